The standard InChI is InChI=1S/C12H15BrFNO/c13-10-3-4-11(14)9(5-10)6-15-7-12(16)8-1-2-8/h3-5,8,12,15-16H,1-2,6-7H2. The van der Waals surface area contributed by atoms with Crippen molar-refractivity contribution < 1.29 is 9.50 Å². The van der Waals surface area contributed by atoms with Crippen LogP contribution in [0.4, 0.5) is 4.39 Å². The number of halogens is 2. The highest BCUT2D eigenvalue weighted by molar-refractivity contribution is 9.10. The van der Waals surface area contributed by atoms with Crippen molar-refractivity contribution in [2.24, 2.45) is 5.92 Å². The molecule has 0 spiro atoms. The van der Waals surface area contributed by atoms with Crippen molar-refractivity contribution in [1.29, 1.82) is 0 Å². The summed E-state index contributed by atoms with van der Waals surface area (Å²) in [4.78, 5) is 0. The first kappa shape index (κ1) is 12.0. The molecule has 1 unspecified atom stereocenters. The van der Waals surface area contributed by atoms with Gasteiger partial charge in [0.05, 0.1) is 6.10 Å². The summed E-state index contributed by atoms with van der Waals surface area (Å²) < 4.78 is 14.2. The smallest absolute Gasteiger partial charge is 0.127 e. The molecule has 1 aliphatic rings. The summed E-state index contributed by atoms with van der Waals surface area (Å²) in [6.07, 6.45) is 1.96. The number of aliphatic hydroxyl groups excluding tert-OH is 1. The van der Waals surface area contributed by atoms with Gasteiger partial charge in [-0.1, -0.05) is 15.9 Å². The molecule has 0 saturated heterocycles. The Kier molecular flexibility index (Phi) is 3.95. The highest BCUT2D eigenvalue weighted by Crippen LogP contribution is 2.32. The molecule has 0 heterocycles. The number of rotatable bonds is 5. The first-order valence-corrected chi connectivity index (χ1v) is 6.29. The number of nitrogens with one attached hydrogen (secondary N) is 1. The van der Waals surface area contributed by atoms with E-state index in [1.54, 1.807) is 12.1 Å². The highest BCUT2D eigenvalue weighted by atomic mass is 79.9. The summed E-state index contributed by atoms with van der Waals surface area (Å²) in [6, 6.07) is 4.88. The Morgan fingerprint density at radius 3 is 2.94 bits per heavy atom. The lowest BCUT2D eigenvalue weighted by atomic mass is 10.2. The predicted octanol–water partition coefficient (Wildman–Crippen LogP) is 2.45. The molecule has 1 aromatic rings. The molecular formula is C12H15BrFNO. The van der Waals surface area contributed by atoms with Crippen molar-refractivity contribution in [3.8, 4) is 0 Å². The zero-order valence-corrected chi connectivity index (χ0v) is 10.5. The zero-order valence-electron chi connectivity index (χ0n) is 8.92. The molecule has 1 aliphatic carbocycles. The molecule has 16 heavy (non-hydrogen) atoms. The molecule has 4 heteroatoms. The molecular weight excluding hydrogens is 273 g/mol. The van der Waals surface area contributed by atoms with Gasteiger partial charge in [0.2, 0.25) is 0 Å². The van der Waals surface area contributed by atoms with Crippen LogP contribution in [-0.4, -0.2) is 17.8 Å². The lowest BCUT2D eigenvalue weighted by Gasteiger charge is -2.11. The Bertz CT molecular complexity index is 368. The largest absolute Gasteiger partial charge is 0.392 e. The van der Waals surface area contributed by atoms with E-state index in [4.69, 9.17) is 0 Å². The fourth-order valence-corrected chi connectivity index (χ4v) is 2.09. The molecule has 0 amide bonds. The molecule has 0 bridgehead atoms. The van der Waals surface area contributed by atoms with Gasteiger partial charge in [-0.2, -0.15) is 0 Å². The van der Waals surface area contributed by atoms with Crippen LogP contribution in [-0.2, 0) is 6.54 Å². The Morgan fingerprint density at radius 1 is 1.50 bits per heavy atom. The van der Waals surface area contributed by atoms with E-state index in [0.29, 0.717) is 24.6 Å². The topological polar surface area (TPSA) is 32.3 Å². The van der Waals surface area contributed by atoms with Crippen molar-refractivity contribution in [1.82, 2.24) is 5.32 Å². The lowest BCUT2D eigenvalue weighted by molar-refractivity contribution is 0.148. The van der Waals surface area contributed by atoms with Crippen LogP contribution in [0.1, 0.15) is 18.4 Å². The van der Waals surface area contributed by atoms with Crippen LogP contribution >= 0.6 is 15.9 Å². The van der Waals surface area contributed by atoms with Gasteiger partial charge >= 0.3 is 0 Å². The molecule has 2 rings (SSSR count). The van der Waals surface area contributed by atoms with Crippen LogP contribution in [0.25, 0.3) is 0 Å². The fraction of sp³-hybridized carbons (Fsp3) is 0.500. The van der Waals surface area contributed by atoms with Gasteiger partial charge in [-0.3, -0.25) is 0 Å². The van der Waals surface area contributed by atoms with Crippen LogP contribution in [0.2, 0.25) is 0 Å². The summed E-state index contributed by atoms with van der Waals surface area (Å²) in [5.74, 6) is 0.247. The molecule has 1 aromatic carbocycles. The summed E-state index contributed by atoms with van der Waals surface area (Å²) >= 11 is 3.31. The first-order valence-electron chi connectivity index (χ1n) is 5.49. The molecule has 1 atom stereocenters. The minimum atomic E-state index is -0.282. The van der Waals surface area contributed by atoms with Gasteiger partial charge in [0.15, 0.2) is 0 Å². The van der Waals surface area contributed by atoms with Gasteiger partial charge in [-0.15, -0.1) is 0 Å². The Hall–Kier alpha value is -0.450. The minimum Gasteiger partial charge on any atom is -0.392 e. The van der Waals surface area contributed by atoms with E-state index in [2.05, 4.69) is 21.2 Å². The van der Waals surface area contributed by atoms with E-state index < -0.39 is 0 Å². The average molecular weight is 288 g/mol. The highest BCUT2D eigenvalue weighted by Gasteiger charge is 2.29. The SMILES string of the molecule is OC(CNCc1cc(Br)ccc1F)C1CC1. The molecule has 0 aromatic heterocycles. The van der Waals surface area contributed by atoms with Crippen molar-refractivity contribution in [2.75, 3.05) is 6.54 Å². The van der Waals surface area contributed by atoms with Gasteiger partial charge in [0.1, 0.15) is 5.82 Å². The first-order chi connectivity index (χ1) is 7.66. The van der Waals surface area contributed by atoms with Gasteiger partial charge < -0.3 is 10.4 Å². The third-order valence-electron chi connectivity index (χ3n) is 2.84. The molecule has 88 valence electrons. The van der Waals surface area contributed by atoms with Crippen LogP contribution in [0.3, 0.4) is 0 Å². The quantitative estimate of drug-likeness (QED) is 0.872. The second-order valence-corrected chi connectivity index (χ2v) is 5.19. The van der Waals surface area contributed by atoms with Crippen LogP contribution in [0.15, 0.2) is 22.7 Å². The summed E-state index contributed by atoms with van der Waals surface area (Å²) in [7, 11) is 0. The Labute approximate surface area is 103 Å². The van der Waals surface area contributed by atoms with Crippen molar-refractivity contribution in [3.05, 3.63) is 34.1 Å². The lowest BCUT2D eigenvalue weighted by Crippen LogP contribution is -2.28. The van der Waals surface area contributed by atoms with E-state index in [1.807, 2.05) is 0 Å². The average Bonchev–Trinajstić information content (AvgIpc) is 3.06. The maximum atomic E-state index is 13.3. The van der Waals surface area contributed by atoms with E-state index >= 15 is 0 Å². The molecule has 0 radical (unpaired) electrons. The fourth-order valence-electron chi connectivity index (χ4n) is 1.68. The zero-order chi connectivity index (χ0) is 11.5. The molecule has 2 N–H and O–H groups in total. The Morgan fingerprint density at radius 2 is 2.25 bits per heavy atom. The van der Waals surface area contributed by atoms with Crippen LogP contribution < -0.4 is 5.32 Å². The number of aliphatic hydroxyl groups is 1. The Balaban J connectivity index is 1.81. The third-order valence-corrected chi connectivity index (χ3v) is 3.34. The summed E-state index contributed by atoms with van der Waals surface area (Å²) in [5.41, 5.74) is 0.623. The van der Waals surface area contributed by atoms with Gasteiger partial charge in [0, 0.05) is 23.1 Å². The van der Waals surface area contributed by atoms with Crippen molar-refractivity contribution in [2.45, 2.75) is 25.5 Å². The van der Waals surface area contributed by atoms with E-state index in [9.17, 15) is 9.50 Å². The second kappa shape index (κ2) is 5.25. The van der Waals surface area contributed by atoms with Crippen molar-refractivity contribution >= 4 is 15.9 Å². The number of hydrogen-bond acceptors (Lipinski definition) is 2. The van der Waals surface area contributed by atoms with Crippen molar-refractivity contribution in [3.63, 3.8) is 0 Å². The second-order valence-electron chi connectivity index (χ2n) is 4.27. The molecule has 1 saturated carbocycles. The van der Waals surface area contributed by atoms with Crippen LogP contribution in [0, 0.1) is 11.7 Å². The minimum absolute atomic E-state index is 0.211. The number of benzene rings is 1. The maximum absolute atomic E-state index is 13.3. The maximum Gasteiger partial charge on any atom is 0.127 e. The number of hydrogen-bond donors (Lipinski definition) is 2. The summed E-state index contributed by atoms with van der Waals surface area (Å²) in [6.45, 7) is 0.992. The van der Waals surface area contributed by atoms with Gasteiger partial charge in [0.25, 0.3) is 0 Å². The molecule has 0 aliphatic heterocycles. The normalized spacial score (nSPS) is 17.4. The van der Waals surface area contributed by atoms with E-state index in [-0.39, 0.29) is 11.9 Å². The van der Waals surface area contributed by atoms with Crippen LogP contribution in [0.5, 0.6) is 0 Å². The van der Waals surface area contributed by atoms with E-state index in [1.165, 1.54) is 6.07 Å². The molecule has 2 nitrogen and oxygen atoms in total. The predicted molar refractivity (Wildman–Crippen MR) is 64.5 cm³/mol. The van der Waals surface area contributed by atoms with Gasteiger partial charge in [-0.25, -0.2) is 4.39 Å². The molecule has 1 fully saturated rings. The third kappa shape index (κ3) is 3.27. The van der Waals surface area contributed by atoms with Gasteiger partial charge in [-0.05, 0) is 37.0 Å². The van der Waals surface area contributed by atoms with E-state index in [0.717, 1.165) is 17.3 Å². The monoisotopic (exact) mass is 287 g/mol. The summed E-state index contributed by atoms with van der Waals surface area (Å²) in [5, 5.41) is 12.7.